The molecule has 8 nitrogen and oxygen atoms in total. The zero-order valence-corrected chi connectivity index (χ0v) is 22.0. The Morgan fingerprint density at radius 2 is 1.72 bits per heavy atom. The lowest BCUT2D eigenvalue weighted by molar-refractivity contribution is -0.134. The highest BCUT2D eigenvalue weighted by Crippen LogP contribution is 2.34. The second-order valence-electron chi connectivity index (χ2n) is 10.2. The van der Waals surface area contributed by atoms with Gasteiger partial charge in [-0.3, -0.25) is 4.79 Å². The number of ether oxygens (including phenoxy) is 1. The van der Waals surface area contributed by atoms with Crippen molar-refractivity contribution in [1.82, 2.24) is 19.4 Å². The summed E-state index contributed by atoms with van der Waals surface area (Å²) in [5, 5.41) is 14.2. The molecular formula is C31H30N6O2. The number of pyridine rings is 1. The Kier molecular flexibility index (Phi) is 6.51. The predicted octanol–water partition coefficient (Wildman–Crippen LogP) is 4.07. The van der Waals surface area contributed by atoms with E-state index in [0.717, 1.165) is 59.7 Å². The molecule has 39 heavy (non-hydrogen) atoms. The van der Waals surface area contributed by atoms with E-state index in [1.807, 2.05) is 30.5 Å². The minimum Gasteiger partial charge on any atom is -0.487 e. The molecule has 0 spiro atoms. The second kappa shape index (κ2) is 10.3. The van der Waals surface area contributed by atoms with Gasteiger partial charge in [0.25, 0.3) is 0 Å². The molecule has 0 atom stereocenters. The zero-order chi connectivity index (χ0) is 26.9. The Balaban J connectivity index is 1.27. The number of rotatable bonds is 6. The molecule has 0 saturated carbocycles. The van der Waals surface area contributed by atoms with Gasteiger partial charge in [-0.05, 0) is 54.6 Å². The van der Waals surface area contributed by atoms with E-state index < -0.39 is 0 Å². The first-order valence-electron chi connectivity index (χ1n) is 13.2. The number of aromatic nitrogens is 2. The van der Waals surface area contributed by atoms with Gasteiger partial charge in [-0.2, -0.15) is 10.4 Å². The van der Waals surface area contributed by atoms with E-state index in [2.05, 4.69) is 64.9 Å². The zero-order valence-electron chi connectivity index (χ0n) is 22.0. The molecule has 0 unspecified atom stereocenters. The van der Waals surface area contributed by atoms with Gasteiger partial charge >= 0.3 is 0 Å². The van der Waals surface area contributed by atoms with Crippen LogP contribution in [0.4, 0.5) is 5.69 Å². The van der Waals surface area contributed by atoms with Crippen LogP contribution in [0.5, 0.6) is 5.75 Å². The van der Waals surface area contributed by atoms with E-state index in [-0.39, 0.29) is 12.0 Å². The number of hydrogen-bond acceptors (Lipinski definition) is 6. The summed E-state index contributed by atoms with van der Waals surface area (Å²) in [6.07, 6.45) is 4.90. The predicted molar refractivity (Wildman–Crippen MR) is 152 cm³/mol. The number of amides is 1. The van der Waals surface area contributed by atoms with Crippen molar-refractivity contribution in [3.63, 3.8) is 0 Å². The van der Waals surface area contributed by atoms with Gasteiger partial charge in [0.05, 0.1) is 30.4 Å². The van der Waals surface area contributed by atoms with Gasteiger partial charge in [-0.1, -0.05) is 30.8 Å². The molecule has 0 radical (unpaired) electrons. The summed E-state index contributed by atoms with van der Waals surface area (Å²) in [5.74, 6) is 0.673. The van der Waals surface area contributed by atoms with Crippen molar-refractivity contribution >= 4 is 17.1 Å². The average molecular weight is 519 g/mol. The Hall–Kier alpha value is -4.61. The van der Waals surface area contributed by atoms with Crippen LogP contribution in [0, 0.1) is 11.3 Å². The van der Waals surface area contributed by atoms with Crippen LogP contribution >= 0.6 is 0 Å². The Bertz CT molecular complexity index is 1550. The van der Waals surface area contributed by atoms with Gasteiger partial charge in [0, 0.05) is 49.2 Å². The summed E-state index contributed by atoms with van der Waals surface area (Å²) in [6.45, 7) is 8.85. The van der Waals surface area contributed by atoms with Crippen LogP contribution in [0.25, 0.3) is 27.8 Å². The summed E-state index contributed by atoms with van der Waals surface area (Å²) in [4.78, 5) is 18.2. The topological polar surface area (TPSA) is 77.1 Å². The van der Waals surface area contributed by atoms with Gasteiger partial charge in [0.15, 0.2) is 0 Å². The third-order valence-corrected chi connectivity index (χ3v) is 7.60. The number of hydrogen-bond donors (Lipinski definition) is 0. The fraction of sp³-hybridized carbons (Fsp3) is 0.258. The number of carbonyl (C=O) groups is 1. The third-order valence-electron chi connectivity index (χ3n) is 7.60. The fourth-order valence-electron chi connectivity index (χ4n) is 5.24. The van der Waals surface area contributed by atoms with E-state index in [0.29, 0.717) is 18.7 Å². The normalized spacial score (nSPS) is 16.1. The van der Waals surface area contributed by atoms with Crippen LogP contribution in [0.2, 0.25) is 0 Å². The van der Waals surface area contributed by atoms with Gasteiger partial charge in [-0.15, -0.1) is 0 Å². The molecular weight excluding hydrogens is 488 g/mol. The minimum absolute atomic E-state index is 0.0244. The van der Waals surface area contributed by atoms with Crippen LogP contribution in [0.3, 0.4) is 0 Å². The SMILES string of the molecule is C=CC(=O)N1CC(Oc2ccc(-c3cc(-c4ccc(N5CCN(C)CC5)cc4)cn4ncc(C#N)c34)cc2)C1. The van der Waals surface area contributed by atoms with Crippen LogP contribution in [-0.4, -0.2) is 77.7 Å². The number of piperazine rings is 1. The number of carbonyl (C=O) groups excluding carboxylic acids is 1. The molecule has 4 heterocycles. The molecule has 1 amide bonds. The van der Waals surface area contributed by atoms with Crippen molar-refractivity contribution < 1.29 is 9.53 Å². The average Bonchev–Trinajstić information content (AvgIpc) is 3.38. The maximum atomic E-state index is 11.7. The summed E-state index contributed by atoms with van der Waals surface area (Å²) in [6, 6.07) is 21.0. The van der Waals surface area contributed by atoms with E-state index in [1.54, 1.807) is 15.6 Å². The molecule has 2 aliphatic rings. The summed E-state index contributed by atoms with van der Waals surface area (Å²) in [5.41, 5.74) is 6.56. The molecule has 0 aliphatic carbocycles. The standard InChI is InChI=1S/C31H30N6O2/c1-3-30(38)36-20-28(21-36)39-27-10-6-23(7-11-27)29-16-24(19-37-31(29)25(17-32)18-33-37)22-4-8-26(9-5-22)35-14-12-34(2)13-15-35/h3-11,16,18-19,28H,1,12-15,20-21H2,2H3. The lowest BCUT2D eigenvalue weighted by Crippen LogP contribution is -2.55. The van der Waals surface area contributed by atoms with Crippen LogP contribution in [0.15, 0.2) is 79.6 Å². The number of benzene rings is 2. The lowest BCUT2D eigenvalue weighted by Gasteiger charge is -2.38. The highest BCUT2D eigenvalue weighted by molar-refractivity contribution is 5.88. The molecule has 2 aromatic heterocycles. The second-order valence-corrected chi connectivity index (χ2v) is 10.2. The molecule has 0 N–H and O–H groups in total. The van der Waals surface area contributed by atoms with Crippen molar-refractivity contribution in [1.29, 1.82) is 5.26 Å². The third kappa shape index (κ3) is 4.85. The van der Waals surface area contributed by atoms with Crippen LogP contribution in [0.1, 0.15) is 5.56 Å². The van der Waals surface area contributed by atoms with Crippen LogP contribution < -0.4 is 9.64 Å². The highest BCUT2D eigenvalue weighted by atomic mass is 16.5. The number of nitrogens with zero attached hydrogens (tertiary/aromatic N) is 6. The van der Waals surface area contributed by atoms with Gasteiger partial charge in [-0.25, -0.2) is 4.52 Å². The summed E-state index contributed by atoms with van der Waals surface area (Å²) >= 11 is 0. The molecule has 2 aliphatic heterocycles. The number of fused-ring (bicyclic) bond motifs is 1. The first-order chi connectivity index (χ1) is 19.0. The Morgan fingerprint density at radius 1 is 1.03 bits per heavy atom. The molecule has 2 saturated heterocycles. The molecule has 8 heteroatoms. The lowest BCUT2D eigenvalue weighted by atomic mass is 9.98. The number of anilines is 1. The fourth-order valence-corrected chi connectivity index (χ4v) is 5.24. The van der Waals surface area contributed by atoms with Gasteiger partial charge in [0.2, 0.25) is 5.91 Å². The van der Waals surface area contributed by atoms with Gasteiger partial charge < -0.3 is 19.4 Å². The van der Waals surface area contributed by atoms with Crippen LogP contribution in [-0.2, 0) is 4.79 Å². The number of likely N-dealkylation sites (N-methyl/N-ethyl adjacent to an activating group) is 1. The molecule has 0 bridgehead atoms. The van der Waals surface area contributed by atoms with Crippen molar-refractivity contribution in [2.45, 2.75) is 6.10 Å². The molecule has 6 rings (SSSR count). The van der Waals surface area contributed by atoms with E-state index in [4.69, 9.17) is 4.74 Å². The summed E-state index contributed by atoms with van der Waals surface area (Å²) < 4.78 is 7.83. The first-order valence-corrected chi connectivity index (χ1v) is 13.2. The molecule has 2 fully saturated rings. The monoisotopic (exact) mass is 518 g/mol. The smallest absolute Gasteiger partial charge is 0.246 e. The minimum atomic E-state index is -0.0721. The van der Waals surface area contributed by atoms with E-state index >= 15 is 0 Å². The molecule has 2 aromatic carbocycles. The quantitative estimate of drug-likeness (QED) is 0.358. The largest absolute Gasteiger partial charge is 0.487 e. The Morgan fingerprint density at radius 3 is 2.38 bits per heavy atom. The molecule has 196 valence electrons. The van der Waals surface area contributed by atoms with Gasteiger partial charge in [0.1, 0.15) is 17.9 Å². The highest BCUT2D eigenvalue weighted by Gasteiger charge is 2.30. The number of likely N-dealkylation sites (tertiary alicyclic amines) is 1. The molecule has 4 aromatic rings. The van der Waals surface area contributed by atoms with Crippen molar-refractivity contribution in [2.24, 2.45) is 0 Å². The maximum Gasteiger partial charge on any atom is 0.246 e. The number of nitriles is 1. The van der Waals surface area contributed by atoms with Crippen molar-refractivity contribution in [3.05, 3.63) is 85.2 Å². The maximum absolute atomic E-state index is 11.7. The van der Waals surface area contributed by atoms with Crippen molar-refractivity contribution in [2.75, 3.05) is 51.2 Å². The van der Waals surface area contributed by atoms with Crippen molar-refractivity contribution in [3.8, 4) is 34.1 Å². The first kappa shape index (κ1) is 24.7. The Labute approximate surface area is 227 Å². The summed E-state index contributed by atoms with van der Waals surface area (Å²) in [7, 11) is 2.16. The van der Waals surface area contributed by atoms with E-state index in [1.165, 1.54) is 11.8 Å². The van der Waals surface area contributed by atoms with E-state index in [9.17, 15) is 10.1 Å².